The lowest BCUT2D eigenvalue weighted by atomic mass is 10.1. The summed E-state index contributed by atoms with van der Waals surface area (Å²) in [5.74, 6) is -0.160. The van der Waals surface area contributed by atoms with Crippen LogP contribution in [0.3, 0.4) is 0 Å². The second-order valence-corrected chi connectivity index (χ2v) is 8.90. The number of thiophene rings is 1. The highest BCUT2D eigenvalue weighted by molar-refractivity contribution is 9.11. The summed E-state index contributed by atoms with van der Waals surface area (Å²) in [6.45, 7) is 0. The Balaban J connectivity index is 1.93. The van der Waals surface area contributed by atoms with Gasteiger partial charge in [0.05, 0.1) is 16.1 Å². The average molecular weight is 531 g/mol. The quantitative estimate of drug-likeness (QED) is 0.391. The summed E-state index contributed by atoms with van der Waals surface area (Å²) in [6, 6.07) is 7.09. The second-order valence-electron chi connectivity index (χ2n) is 5.22. The molecule has 24 heavy (non-hydrogen) atoms. The van der Waals surface area contributed by atoms with Gasteiger partial charge in [0.2, 0.25) is 5.78 Å². The number of aromatic hydroxyl groups is 1. The summed E-state index contributed by atoms with van der Waals surface area (Å²) in [6.07, 6.45) is 0. The zero-order valence-corrected chi connectivity index (χ0v) is 17.3. The first-order chi connectivity index (χ1) is 11.4. The van der Waals surface area contributed by atoms with Crippen LogP contribution in [0.5, 0.6) is 5.75 Å². The number of carbonyl (C=O) groups excluding carboxylic acids is 1. The number of fused-ring (bicyclic) bond motifs is 2. The fraction of sp³-hybridized carbons (Fsp3) is 0. The van der Waals surface area contributed by atoms with Crippen molar-refractivity contribution in [1.82, 2.24) is 0 Å². The van der Waals surface area contributed by atoms with E-state index < -0.39 is 0 Å². The molecule has 0 fully saturated rings. The normalized spacial score (nSPS) is 13.5. The van der Waals surface area contributed by atoms with Crippen LogP contribution in [0.25, 0.3) is 10.1 Å². The van der Waals surface area contributed by atoms with Crippen molar-refractivity contribution >= 4 is 92.1 Å². The molecule has 0 aliphatic carbocycles. The van der Waals surface area contributed by atoms with Crippen LogP contribution in [0.15, 0.2) is 42.7 Å². The Morgan fingerprint density at radius 2 is 1.83 bits per heavy atom. The summed E-state index contributed by atoms with van der Waals surface area (Å²) in [5.41, 5.74) is 7.81. The maximum atomic E-state index is 12.8. The van der Waals surface area contributed by atoms with E-state index in [1.165, 1.54) is 11.3 Å². The molecule has 1 aromatic heterocycles. The van der Waals surface area contributed by atoms with Crippen molar-refractivity contribution in [3.63, 3.8) is 0 Å². The van der Waals surface area contributed by atoms with Crippen molar-refractivity contribution in [2.24, 2.45) is 4.99 Å². The smallest absolute Gasteiger partial charge is 0.215 e. The Hall–Kier alpha value is -1.22. The van der Waals surface area contributed by atoms with Crippen molar-refractivity contribution in [2.75, 3.05) is 5.73 Å². The van der Waals surface area contributed by atoms with Crippen molar-refractivity contribution in [3.8, 4) is 5.75 Å². The molecule has 8 heteroatoms. The first-order valence-electron chi connectivity index (χ1n) is 6.70. The van der Waals surface area contributed by atoms with E-state index in [4.69, 9.17) is 5.73 Å². The van der Waals surface area contributed by atoms with Crippen LogP contribution in [0.2, 0.25) is 0 Å². The fourth-order valence-corrected chi connectivity index (χ4v) is 5.35. The molecular formula is C16H7Br3N2O2S. The monoisotopic (exact) mass is 528 g/mol. The largest absolute Gasteiger partial charge is 0.506 e. The van der Waals surface area contributed by atoms with Crippen LogP contribution in [0.4, 0.5) is 11.4 Å². The van der Waals surface area contributed by atoms with Crippen LogP contribution in [-0.2, 0) is 0 Å². The number of aliphatic imine (C=N–C) groups is 1. The van der Waals surface area contributed by atoms with E-state index >= 15 is 0 Å². The van der Waals surface area contributed by atoms with Crippen molar-refractivity contribution < 1.29 is 9.90 Å². The number of rotatable bonds is 1. The molecule has 0 saturated heterocycles. The highest BCUT2D eigenvalue weighted by atomic mass is 79.9. The number of nitrogens with zero attached hydrogens (tertiary/aromatic N) is 1. The SMILES string of the molecule is Nc1cc2sc(C3=Nc4c(Br)cc(Br)cc4C3=O)c(O)c2cc1Br. The number of nitrogens with two attached hydrogens (primary N) is 1. The summed E-state index contributed by atoms with van der Waals surface area (Å²) in [4.78, 5) is 17.7. The summed E-state index contributed by atoms with van der Waals surface area (Å²) < 4.78 is 3.01. The molecule has 2 heterocycles. The number of anilines is 1. The maximum absolute atomic E-state index is 12.8. The van der Waals surface area contributed by atoms with Gasteiger partial charge in [-0.3, -0.25) is 4.79 Å². The summed E-state index contributed by atoms with van der Waals surface area (Å²) in [5, 5.41) is 11.2. The molecule has 4 rings (SSSR count). The molecule has 0 saturated carbocycles. The Morgan fingerprint density at radius 3 is 2.58 bits per heavy atom. The molecule has 120 valence electrons. The van der Waals surface area contributed by atoms with Gasteiger partial charge in [-0.25, -0.2) is 4.99 Å². The van der Waals surface area contributed by atoms with Gasteiger partial charge in [0.25, 0.3) is 0 Å². The molecule has 0 bridgehead atoms. The van der Waals surface area contributed by atoms with Crippen LogP contribution < -0.4 is 5.73 Å². The zero-order chi connectivity index (χ0) is 17.2. The van der Waals surface area contributed by atoms with Gasteiger partial charge in [0.15, 0.2) is 0 Å². The molecule has 2 aromatic carbocycles. The van der Waals surface area contributed by atoms with E-state index in [-0.39, 0.29) is 17.2 Å². The fourth-order valence-electron chi connectivity index (χ4n) is 2.58. The molecule has 4 nitrogen and oxygen atoms in total. The Morgan fingerprint density at radius 1 is 1.08 bits per heavy atom. The van der Waals surface area contributed by atoms with Gasteiger partial charge in [-0.1, -0.05) is 15.9 Å². The standard InChI is InChI=1S/C16H7Br3N2O2S/c17-5-1-7-12(9(19)2-5)21-13(14(7)22)16-15(23)6-3-8(18)10(20)4-11(6)24-16/h1-4,23H,20H2. The molecule has 3 N–H and O–H groups in total. The molecule has 0 amide bonds. The van der Waals surface area contributed by atoms with Crippen molar-refractivity contribution in [1.29, 1.82) is 0 Å². The predicted octanol–water partition coefficient (Wildman–Crippen LogP) is 5.79. The maximum Gasteiger partial charge on any atom is 0.215 e. The number of hydrogen-bond donors (Lipinski definition) is 2. The zero-order valence-electron chi connectivity index (χ0n) is 11.7. The van der Waals surface area contributed by atoms with Gasteiger partial charge >= 0.3 is 0 Å². The predicted molar refractivity (Wildman–Crippen MR) is 108 cm³/mol. The molecule has 3 aromatic rings. The number of nitrogen functional groups attached to an aromatic ring is 1. The number of benzene rings is 2. The van der Waals surface area contributed by atoms with E-state index in [9.17, 15) is 9.90 Å². The highest BCUT2D eigenvalue weighted by Gasteiger charge is 2.31. The summed E-state index contributed by atoms with van der Waals surface area (Å²) in [7, 11) is 0. The second kappa shape index (κ2) is 5.66. The molecular weight excluding hydrogens is 524 g/mol. The van der Waals surface area contributed by atoms with Gasteiger partial charge in [0, 0.05) is 29.2 Å². The van der Waals surface area contributed by atoms with Gasteiger partial charge in [-0.05, 0) is 56.1 Å². The minimum atomic E-state index is -0.208. The number of halogens is 3. The van der Waals surface area contributed by atoms with Gasteiger partial charge < -0.3 is 10.8 Å². The van der Waals surface area contributed by atoms with E-state index in [0.717, 1.165) is 13.6 Å². The number of hydrogen-bond acceptors (Lipinski definition) is 5. The number of Topliss-reactive ketones (excluding diaryl/α,β-unsaturated/α-hetero) is 1. The molecule has 0 spiro atoms. The lowest BCUT2D eigenvalue weighted by Crippen LogP contribution is -2.09. The van der Waals surface area contributed by atoms with E-state index in [1.54, 1.807) is 18.2 Å². The lowest BCUT2D eigenvalue weighted by Gasteiger charge is -1.99. The number of ketones is 1. The van der Waals surface area contributed by atoms with Crippen LogP contribution in [0, 0.1) is 0 Å². The minimum absolute atomic E-state index is 0.0470. The first-order valence-corrected chi connectivity index (χ1v) is 9.89. The van der Waals surface area contributed by atoms with Crippen LogP contribution in [-0.4, -0.2) is 16.6 Å². The Labute approximate surface area is 165 Å². The molecule has 0 radical (unpaired) electrons. The third-order valence-corrected chi connectivity index (χ3v) is 6.61. The molecule has 0 unspecified atom stereocenters. The number of carbonyl (C=O) groups is 1. The molecule has 1 aliphatic rings. The third-order valence-electron chi connectivity index (χ3n) is 3.71. The van der Waals surface area contributed by atoms with Gasteiger partial charge in [-0.2, -0.15) is 0 Å². The third kappa shape index (κ3) is 2.35. The topological polar surface area (TPSA) is 75.7 Å². The van der Waals surface area contributed by atoms with Crippen LogP contribution in [0.1, 0.15) is 15.2 Å². The van der Waals surface area contributed by atoms with Gasteiger partial charge in [-0.15, -0.1) is 11.3 Å². The summed E-state index contributed by atoms with van der Waals surface area (Å²) >= 11 is 11.5. The van der Waals surface area contributed by atoms with Crippen molar-refractivity contribution in [3.05, 3.63) is 48.1 Å². The lowest BCUT2D eigenvalue weighted by molar-refractivity contribution is 0.107. The average Bonchev–Trinajstić information content (AvgIpc) is 3.00. The molecule has 0 atom stereocenters. The van der Waals surface area contributed by atoms with Crippen LogP contribution >= 0.6 is 59.1 Å². The Kier molecular flexibility index (Phi) is 3.83. The highest BCUT2D eigenvalue weighted by Crippen LogP contribution is 2.44. The van der Waals surface area contributed by atoms with Crippen molar-refractivity contribution in [2.45, 2.75) is 0 Å². The van der Waals surface area contributed by atoms with E-state index in [0.29, 0.717) is 31.7 Å². The first kappa shape index (κ1) is 16.3. The van der Waals surface area contributed by atoms with E-state index in [2.05, 4.69) is 52.8 Å². The van der Waals surface area contributed by atoms with E-state index in [1.807, 2.05) is 6.07 Å². The minimum Gasteiger partial charge on any atom is -0.506 e. The molecule has 1 aliphatic heterocycles. The van der Waals surface area contributed by atoms with Gasteiger partial charge in [0.1, 0.15) is 11.5 Å². The Bertz CT molecular complexity index is 1090.